The maximum absolute atomic E-state index is 13.3. The van der Waals surface area contributed by atoms with E-state index in [2.05, 4.69) is 15.2 Å². The number of amides is 1. The zero-order valence-corrected chi connectivity index (χ0v) is 19.0. The molecule has 8 nitrogen and oxygen atoms in total. The molecule has 1 fully saturated rings. The minimum atomic E-state index is -0.235. The standard InChI is InChI=1S/C24H24ClN5O3/c1-2-29-15-17(13-27-29)20-12-22(33-28-20)24(31)30-10-4-3-5-21(30)23-26-14-19(32-23)11-16-6-8-18(25)9-7-16/h6-9,12-15,21H,2-5,10-11H2,1H3/t21-/m0/s1. The summed E-state index contributed by atoms with van der Waals surface area (Å²) in [6, 6.07) is 9.08. The van der Waals surface area contributed by atoms with Gasteiger partial charge < -0.3 is 13.8 Å². The molecule has 1 saturated heterocycles. The van der Waals surface area contributed by atoms with Crippen LogP contribution in [0.4, 0.5) is 0 Å². The molecule has 1 aliphatic heterocycles. The summed E-state index contributed by atoms with van der Waals surface area (Å²) in [5, 5.41) is 9.03. The summed E-state index contributed by atoms with van der Waals surface area (Å²) in [5.41, 5.74) is 2.49. The van der Waals surface area contributed by atoms with E-state index in [0.717, 1.165) is 42.7 Å². The van der Waals surface area contributed by atoms with Crippen molar-refractivity contribution in [1.29, 1.82) is 0 Å². The number of halogens is 1. The highest BCUT2D eigenvalue weighted by molar-refractivity contribution is 6.30. The number of rotatable bonds is 6. The Morgan fingerprint density at radius 3 is 2.85 bits per heavy atom. The Balaban J connectivity index is 1.33. The Morgan fingerprint density at radius 1 is 1.21 bits per heavy atom. The van der Waals surface area contributed by atoms with Gasteiger partial charge in [-0.15, -0.1) is 0 Å². The lowest BCUT2D eigenvalue weighted by Gasteiger charge is -2.32. The molecule has 0 saturated carbocycles. The number of aryl methyl sites for hydroxylation is 1. The maximum atomic E-state index is 13.3. The minimum Gasteiger partial charge on any atom is -0.443 e. The molecule has 4 aromatic rings. The van der Waals surface area contributed by atoms with Crippen LogP contribution in [0.5, 0.6) is 0 Å². The number of benzene rings is 1. The topological polar surface area (TPSA) is 90.2 Å². The van der Waals surface area contributed by atoms with Crippen LogP contribution in [-0.4, -0.2) is 37.3 Å². The Hall–Kier alpha value is -3.39. The molecule has 33 heavy (non-hydrogen) atoms. The van der Waals surface area contributed by atoms with E-state index in [-0.39, 0.29) is 17.7 Å². The van der Waals surface area contributed by atoms with Gasteiger partial charge in [-0.2, -0.15) is 5.10 Å². The van der Waals surface area contributed by atoms with Crippen LogP contribution in [0.3, 0.4) is 0 Å². The van der Waals surface area contributed by atoms with Gasteiger partial charge >= 0.3 is 0 Å². The molecule has 1 aromatic carbocycles. The van der Waals surface area contributed by atoms with Gasteiger partial charge in [-0.1, -0.05) is 28.9 Å². The summed E-state index contributed by atoms with van der Waals surface area (Å²) in [5.74, 6) is 1.30. The average molecular weight is 466 g/mol. The van der Waals surface area contributed by atoms with Gasteiger partial charge in [0.2, 0.25) is 11.7 Å². The van der Waals surface area contributed by atoms with Gasteiger partial charge in [-0.3, -0.25) is 9.48 Å². The number of hydrogen-bond donors (Lipinski definition) is 0. The first-order chi connectivity index (χ1) is 16.1. The van der Waals surface area contributed by atoms with Gasteiger partial charge in [0, 0.05) is 42.4 Å². The molecule has 0 aliphatic carbocycles. The number of piperidine rings is 1. The van der Waals surface area contributed by atoms with Gasteiger partial charge in [-0.05, 0) is 43.9 Å². The zero-order chi connectivity index (χ0) is 22.8. The Labute approximate surface area is 196 Å². The highest BCUT2D eigenvalue weighted by atomic mass is 35.5. The predicted octanol–water partition coefficient (Wildman–Crippen LogP) is 5.16. The van der Waals surface area contributed by atoms with Gasteiger partial charge in [0.05, 0.1) is 12.4 Å². The fourth-order valence-electron chi connectivity index (χ4n) is 4.12. The van der Waals surface area contributed by atoms with E-state index < -0.39 is 0 Å². The van der Waals surface area contributed by atoms with Crippen molar-refractivity contribution in [2.75, 3.05) is 6.54 Å². The molecule has 0 N–H and O–H groups in total. The summed E-state index contributed by atoms with van der Waals surface area (Å²) in [6.07, 6.45) is 8.66. The van der Waals surface area contributed by atoms with E-state index in [4.69, 9.17) is 20.5 Å². The highest BCUT2D eigenvalue weighted by Crippen LogP contribution is 2.33. The number of nitrogens with zero attached hydrogens (tertiary/aromatic N) is 5. The number of hydrogen-bond acceptors (Lipinski definition) is 6. The van der Waals surface area contributed by atoms with Crippen molar-refractivity contribution in [3.8, 4) is 11.3 Å². The van der Waals surface area contributed by atoms with E-state index in [1.165, 1.54) is 0 Å². The molecule has 3 aromatic heterocycles. The monoisotopic (exact) mass is 465 g/mol. The smallest absolute Gasteiger partial charge is 0.293 e. The summed E-state index contributed by atoms with van der Waals surface area (Å²) in [6.45, 7) is 3.38. The third kappa shape index (κ3) is 4.57. The molecular formula is C24H24ClN5O3. The fourth-order valence-corrected chi connectivity index (χ4v) is 4.24. The van der Waals surface area contributed by atoms with Crippen molar-refractivity contribution < 1.29 is 13.7 Å². The summed E-state index contributed by atoms with van der Waals surface area (Å²) < 4.78 is 13.3. The molecule has 0 unspecified atom stereocenters. The first-order valence-corrected chi connectivity index (χ1v) is 11.5. The molecule has 9 heteroatoms. The van der Waals surface area contributed by atoms with Crippen molar-refractivity contribution in [1.82, 2.24) is 24.8 Å². The molecule has 0 bridgehead atoms. The van der Waals surface area contributed by atoms with Crippen molar-refractivity contribution in [2.45, 2.75) is 45.2 Å². The Kier molecular flexibility index (Phi) is 6.00. The fraction of sp³-hybridized carbons (Fsp3) is 0.333. The van der Waals surface area contributed by atoms with Crippen LogP contribution in [0, 0.1) is 0 Å². The highest BCUT2D eigenvalue weighted by Gasteiger charge is 2.34. The molecule has 1 aliphatic rings. The quantitative estimate of drug-likeness (QED) is 0.390. The molecule has 1 amide bonds. The summed E-state index contributed by atoms with van der Waals surface area (Å²) in [7, 11) is 0. The van der Waals surface area contributed by atoms with E-state index in [1.807, 2.05) is 37.4 Å². The van der Waals surface area contributed by atoms with Crippen molar-refractivity contribution in [2.24, 2.45) is 0 Å². The van der Waals surface area contributed by atoms with Crippen LogP contribution in [0.2, 0.25) is 5.02 Å². The second kappa shape index (κ2) is 9.23. The third-order valence-corrected chi connectivity index (χ3v) is 6.14. The predicted molar refractivity (Wildman–Crippen MR) is 122 cm³/mol. The first kappa shape index (κ1) is 21.5. The largest absolute Gasteiger partial charge is 0.443 e. The first-order valence-electron chi connectivity index (χ1n) is 11.1. The molecule has 4 heterocycles. The zero-order valence-electron chi connectivity index (χ0n) is 18.3. The average Bonchev–Trinajstić information content (AvgIpc) is 3.60. The van der Waals surface area contributed by atoms with Gasteiger partial charge in [-0.25, -0.2) is 4.98 Å². The van der Waals surface area contributed by atoms with Gasteiger partial charge in [0.1, 0.15) is 17.5 Å². The van der Waals surface area contributed by atoms with Gasteiger partial charge in [0.25, 0.3) is 5.91 Å². The van der Waals surface area contributed by atoms with Crippen LogP contribution in [0.15, 0.2) is 57.9 Å². The van der Waals surface area contributed by atoms with E-state index in [1.54, 1.807) is 28.0 Å². The van der Waals surface area contributed by atoms with Gasteiger partial charge in [0.15, 0.2) is 0 Å². The van der Waals surface area contributed by atoms with Crippen molar-refractivity contribution in [3.63, 3.8) is 0 Å². The van der Waals surface area contributed by atoms with E-state index >= 15 is 0 Å². The van der Waals surface area contributed by atoms with E-state index in [0.29, 0.717) is 29.6 Å². The van der Waals surface area contributed by atoms with E-state index in [9.17, 15) is 4.79 Å². The normalized spacial score (nSPS) is 16.3. The second-order valence-electron chi connectivity index (χ2n) is 8.14. The van der Waals surface area contributed by atoms with Crippen molar-refractivity contribution >= 4 is 17.5 Å². The SMILES string of the molecule is CCn1cc(-c2cc(C(=O)N3CCCC[C@H]3c3ncc(Cc4ccc(Cl)cc4)o3)on2)cn1. The maximum Gasteiger partial charge on any atom is 0.293 e. The van der Waals surface area contributed by atoms with Crippen molar-refractivity contribution in [3.05, 3.63) is 76.9 Å². The second-order valence-corrected chi connectivity index (χ2v) is 8.58. The Bertz CT molecular complexity index is 1240. The molecule has 1 atom stereocenters. The lowest BCUT2D eigenvalue weighted by Crippen LogP contribution is -2.38. The Morgan fingerprint density at radius 2 is 2.06 bits per heavy atom. The lowest BCUT2D eigenvalue weighted by molar-refractivity contribution is 0.0528. The molecule has 0 spiro atoms. The molecule has 5 rings (SSSR count). The third-order valence-electron chi connectivity index (χ3n) is 5.89. The van der Waals surface area contributed by atoms with Crippen LogP contribution in [0.1, 0.15) is 60.0 Å². The minimum absolute atomic E-state index is 0.203. The summed E-state index contributed by atoms with van der Waals surface area (Å²) in [4.78, 5) is 19.6. The number of carbonyl (C=O) groups excluding carboxylic acids is 1. The summed E-state index contributed by atoms with van der Waals surface area (Å²) >= 11 is 5.97. The molecular weight excluding hydrogens is 442 g/mol. The number of likely N-dealkylation sites (tertiary alicyclic amines) is 1. The number of oxazole rings is 1. The van der Waals surface area contributed by atoms with Crippen LogP contribution < -0.4 is 0 Å². The lowest BCUT2D eigenvalue weighted by atomic mass is 10.0. The van der Waals surface area contributed by atoms with Crippen LogP contribution in [0.25, 0.3) is 11.3 Å². The number of aromatic nitrogens is 4. The molecule has 0 radical (unpaired) electrons. The number of carbonyl (C=O) groups is 1. The molecule has 170 valence electrons. The van der Waals surface area contributed by atoms with Crippen LogP contribution in [-0.2, 0) is 13.0 Å². The van der Waals surface area contributed by atoms with Crippen LogP contribution >= 0.6 is 11.6 Å².